The highest BCUT2D eigenvalue weighted by molar-refractivity contribution is 9.10. The fourth-order valence-corrected chi connectivity index (χ4v) is 5.88. The molecule has 1 saturated heterocycles. The lowest BCUT2D eigenvalue weighted by Crippen LogP contribution is -2.44. The summed E-state index contributed by atoms with van der Waals surface area (Å²) in [7, 11) is 0. The molecule has 0 radical (unpaired) electrons. The number of halogens is 1. The minimum absolute atomic E-state index is 0.577. The van der Waals surface area contributed by atoms with E-state index in [9.17, 15) is 0 Å². The summed E-state index contributed by atoms with van der Waals surface area (Å²) in [6.45, 7) is 7.99. The Bertz CT molecular complexity index is 409. The lowest BCUT2D eigenvalue weighted by Gasteiger charge is -2.36. The van der Waals surface area contributed by atoms with E-state index in [4.69, 9.17) is 0 Å². The molecule has 4 unspecified atom stereocenters. The summed E-state index contributed by atoms with van der Waals surface area (Å²) < 4.78 is 1.16. The molecule has 0 aliphatic carbocycles. The molecule has 1 aromatic rings. The molecule has 112 valence electrons. The third-order valence-electron chi connectivity index (χ3n) is 3.86. The molecule has 1 aliphatic heterocycles. The molecule has 0 spiro atoms. The van der Waals surface area contributed by atoms with E-state index in [0.717, 1.165) is 33.2 Å². The van der Waals surface area contributed by atoms with Gasteiger partial charge in [0, 0.05) is 32.0 Å². The molecule has 0 saturated carbocycles. The molecular weight excluding hydrogens is 350 g/mol. The summed E-state index contributed by atoms with van der Waals surface area (Å²) in [6, 6.07) is 9.34. The largest absolute Gasteiger partial charge is 0.313 e. The third kappa shape index (κ3) is 4.69. The topological polar surface area (TPSA) is 12.0 Å². The zero-order valence-corrected chi connectivity index (χ0v) is 15.7. The predicted molar refractivity (Wildman–Crippen MR) is 98.1 cm³/mol. The normalized spacial score (nSPS) is 28.3. The molecule has 1 nitrogen and oxygen atoms in total. The van der Waals surface area contributed by atoms with Gasteiger partial charge < -0.3 is 5.32 Å². The van der Waals surface area contributed by atoms with Gasteiger partial charge in [-0.1, -0.05) is 48.8 Å². The van der Waals surface area contributed by atoms with Crippen molar-refractivity contribution in [1.29, 1.82) is 0 Å². The van der Waals surface area contributed by atoms with Gasteiger partial charge in [0.25, 0.3) is 0 Å². The van der Waals surface area contributed by atoms with Crippen molar-refractivity contribution in [3.05, 3.63) is 34.3 Å². The van der Waals surface area contributed by atoms with Gasteiger partial charge in [0.05, 0.1) is 0 Å². The van der Waals surface area contributed by atoms with Crippen LogP contribution in [0.2, 0.25) is 0 Å². The molecule has 1 heterocycles. The summed E-state index contributed by atoms with van der Waals surface area (Å²) in [4.78, 5) is 0. The van der Waals surface area contributed by atoms with Crippen molar-refractivity contribution >= 4 is 39.5 Å². The Hall–Kier alpha value is 0.360. The van der Waals surface area contributed by atoms with E-state index in [1.807, 2.05) is 0 Å². The van der Waals surface area contributed by atoms with Crippen LogP contribution in [0, 0.1) is 0 Å². The lowest BCUT2D eigenvalue weighted by molar-refractivity contribution is 0.520. The number of likely N-dealkylation sites (N-methyl/N-ethyl adjacent to an activating group) is 1. The van der Waals surface area contributed by atoms with E-state index in [0.29, 0.717) is 6.04 Å². The second kappa shape index (κ2) is 8.11. The molecule has 0 amide bonds. The van der Waals surface area contributed by atoms with Gasteiger partial charge in [-0.25, -0.2) is 0 Å². The second-order valence-electron chi connectivity index (χ2n) is 5.41. The van der Waals surface area contributed by atoms with Crippen molar-refractivity contribution in [3.63, 3.8) is 0 Å². The van der Waals surface area contributed by atoms with Crippen LogP contribution in [0.3, 0.4) is 0 Å². The zero-order valence-electron chi connectivity index (χ0n) is 12.4. The van der Waals surface area contributed by atoms with Gasteiger partial charge in [-0.3, -0.25) is 0 Å². The summed E-state index contributed by atoms with van der Waals surface area (Å²) in [5.74, 6) is 1.27. The van der Waals surface area contributed by atoms with Crippen molar-refractivity contribution < 1.29 is 0 Å². The van der Waals surface area contributed by atoms with Crippen LogP contribution >= 0.6 is 39.5 Å². The first kappa shape index (κ1) is 16.7. The molecule has 1 aromatic carbocycles. The minimum atomic E-state index is 0.577. The van der Waals surface area contributed by atoms with Gasteiger partial charge in [0.15, 0.2) is 0 Å². The van der Waals surface area contributed by atoms with E-state index in [2.05, 4.69) is 89.8 Å². The summed E-state index contributed by atoms with van der Waals surface area (Å²) in [6.07, 6.45) is 1.13. The van der Waals surface area contributed by atoms with Crippen LogP contribution in [0.15, 0.2) is 28.7 Å². The molecule has 1 aliphatic rings. The first-order valence-electron chi connectivity index (χ1n) is 7.35. The maximum absolute atomic E-state index is 3.70. The maximum atomic E-state index is 3.70. The lowest BCUT2D eigenvalue weighted by atomic mass is 10.0. The molecule has 0 aromatic heterocycles. The van der Waals surface area contributed by atoms with Crippen LogP contribution in [0.5, 0.6) is 0 Å². The Morgan fingerprint density at radius 2 is 1.95 bits per heavy atom. The Kier molecular flexibility index (Phi) is 6.79. The SMILES string of the molecule is CCNC(Cc1ccc(Br)cc1)C1CSC(C)C(C)S1. The molecular formula is C16H24BrNS2. The van der Waals surface area contributed by atoms with E-state index >= 15 is 0 Å². The molecule has 4 heteroatoms. The number of hydrogen-bond acceptors (Lipinski definition) is 3. The highest BCUT2D eigenvalue weighted by atomic mass is 79.9. The van der Waals surface area contributed by atoms with Gasteiger partial charge in [-0.15, -0.1) is 0 Å². The Labute approximate surface area is 140 Å². The van der Waals surface area contributed by atoms with Gasteiger partial charge >= 0.3 is 0 Å². The Morgan fingerprint density at radius 1 is 1.25 bits per heavy atom. The van der Waals surface area contributed by atoms with Gasteiger partial charge in [-0.05, 0) is 30.7 Å². The number of benzene rings is 1. The Balaban J connectivity index is 2.01. The van der Waals surface area contributed by atoms with Crippen LogP contribution in [-0.2, 0) is 6.42 Å². The van der Waals surface area contributed by atoms with Crippen LogP contribution < -0.4 is 5.32 Å². The first-order valence-corrected chi connectivity index (χ1v) is 10.1. The van der Waals surface area contributed by atoms with Crippen LogP contribution in [0.1, 0.15) is 26.3 Å². The highest BCUT2D eigenvalue weighted by Gasteiger charge is 2.30. The monoisotopic (exact) mass is 373 g/mol. The predicted octanol–water partition coefficient (Wildman–Crippen LogP) is 4.60. The molecule has 1 N–H and O–H groups in total. The standard InChI is InChI=1S/C16H24BrNS2/c1-4-18-15(9-13-5-7-14(17)8-6-13)16-10-19-11(2)12(3)20-16/h5-8,11-12,15-16,18H,4,9-10H2,1-3H3. The summed E-state index contributed by atoms with van der Waals surface area (Å²) in [5.41, 5.74) is 1.43. The smallest absolute Gasteiger partial charge is 0.0298 e. The van der Waals surface area contributed by atoms with E-state index in [1.54, 1.807) is 0 Å². The fourth-order valence-electron chi connectivity index (χ4n) is 2.49. The van der Waals surface area contributed by atoms with Crippen molar-refractivity contribution in [2.45, 2.75) is 49.0 Å². The van der Waals surface area contributed by atoms with Crippen LogP contribution in [0.4, 0.5) is 0 Å². The number of nitrogens with one attached hydrogen (secondary N) is 1. The highest BCUT2D eigenvalue weighted by Crippen LogP contribution is 2.37. The van der Waals surface area contributed by atoms with Crippen molar-refractivity contribution in [2.75, 3.05) is 12.3 Å². The molecule has 4 atom stereocenters. The minimum Gasteiger partial charge on any atom is -0.313 e. The third-order valence-corrected chi connectivity index (χ3v) is 7.94. The van der Waals surface area contributed by atoms with E-state index < -0.39 is 0 Å². The van der Waals surface area contributed by atoms with E-state index in [1.165, 1.54) is 11.3 Å². The molecule has 0 bridgehead atoms. The average molecular weight is 374 g/mol. The summed E-state index contributed by atoms with van der Waals surface area (Å²) in [5, 5.41) is 5.96. The molecule has 1 fully saturated rings. The average Bonchev–Trinajstić information content (AvgIpc) is 2.44. The van der Waals surface area contributed by atoms with Gasteiger partial charge in [0.1, 0.15) is 0 Å². The zero-order chi connectivity index (χ0) is 14.5. The molecule has 2 rings (SSSR count). The van der Waals surface area contributed by atoms with Crippen molar-refractivity contribution in [3.8, 4) is 0 Å². The Morgan fingerprint density at radius 3 is 2.55 bits per heavy atom. The molecule has 20 heavy (non-hydrogen) atoms. The quantitative estimate of drug-likeness (QED) is 0.809. The number of thioether (sulfide) groups is 2. The number of hydrogen-bond donors (Lipinski definition) is 1. The van der Waals surface area contributed by atoms with Crippen molar-refractivity contribution in [1.82, 2.24) is 5.32 Å². The van der Waals surface area contributed by atoms with E-state index in [-0.39, 0.29) is 0 Å². The first-order chi connectivity index (χ1) is 9.60. The van der Waals surface area contributed by atoms with Crippen LogP contribution in [0.25, 0.3) is 0 Å². The second-order valence-corrected chi connectivity index (χ2v) is 9.36. The summed E-state index contributed by atoms with van der Waals surface area (Å²) >= 11 is 7.82. The van der Waals surface area contributed by atoms with Crippen LogP contribution in [-0.4, -0.2) is 34.1 Å². The van der Waals surface area contributed by atoms with Gasteiger partial charge in [-0.2, -0.15) is 23.5 Å². The maximum Gasteiger partial charge on any atom is 0.0298 e. The van der Waals surface area contributed by atoms with Gasteiger partial charge in [0.2, 0.25) is 0 Å². The fraction of sp³-hybridized carbons (Fsp3) is 0.625. The number of rotatable bonds is 5. The van der Waals surface area contributed by atoms with Crippen molar-refractivity contribution in [2.24, 2.45) is 0 Å².